The van der Waals surface area contributed by atoms with E-state index in [1.165, 1.54) is 0 Å². The Morgan fingerprint density at radius 1 is 1.41 bits per heavy atom. The summed E-state index contributed by atoms with van der Waals surface area (Å²) in [5.41, 5.74) is 0.674. The van der Waals surface area contributed by atoms with Crippen molar-refractivity contribution in [2.45, 2.75) is 45.6 Å². The van der Waals surface area contributed by atoms with Crippen LogP contribution in [-0.2, 0) is 4.74 Å². The zero-order chi connectivity index (χ0) is 12.9. The molecule has 1 rings (SSSR count). The van der Waals surface area contributed by atoms with Crippen LogP contribution in [0.2, 0.25) is 0 Å². The normalized spacial score (nSPS) is 19.6. The fraction of sp³-hybridized carbons (Fsp3) is 0.692. The van der Waals surface area contributed by atoms with Crippen LogP contribution in [0.4, 0.5) is 4.79 Å². The summed E-state index contributed by atoms with van der Waals surface area (Å²) in [5.74, 6) is 0. The van der Waals surface area contributed by atoms with E-state index in [0.717, 1.165) is 24.8 Å². The summed E-state index contributed by atoms with van der Waals surface area (Å²) in [7, 11) is 0. The predicted molar refractivity (Wildman–Crippen MR) is 65.4 cm³/mol. The molecule has 0 spiro atoms. The lowest BCUT2D eigenvalue weighted by Gasteiger charge is -2.26. The Bertz CT molecular complexity index is 347. The number of hydrogen-bond acceptors (Lipinski definition) is 3. The molecule has 1 aliphatic rings. The second kappa shape index (κ2) is 5.72. The van der Waals surface area contributed by atoms with Crippen molar-refractivity contribution in [2.24, 2.45) is 0 Å². The van der Waals surface area contributed by atoms with Gasteiger partial charge in [-0.1, -0.05) is 5.57 Å². The van der Waals surface area contributed by atoms with Gasteiger partial charge in [0, 0.05) is 19.2 Å². The summed E-state index contributed by atoms with van der Waals surface area (Å²) < 4.78 is 5.33. The maximum atomic E-state index is 11.9. The quantitative estimate of drug-likeness (QED) is 0.608. The maximum absolute atomic E-state index is 11.9. The number of nitrogens with zero attached hydrogens (tertiary/aromatic N) is 2. The summed E-state index contributed by atoms with van der Waals surface area (Å²) in [6.45, 7) is 6.94. The smallest absolute Gasteiger partial charge is 0.410 e. The highest BCUT2D eigenvalue weighted by molar-refractivity contribution is 5.68. The van der Waals surface area contributed by atoms with Crippen LogP contribution in [0, 0.1) is 11.3 Å². The minimum atomic E-state index is -0.450. The molecule has 94 valence electrons. The molecular formula is C13H20N2O2. The number of nitriles is 1. The lowest BCUT2D eigenvalue weighted by Crippen LogP contribution is -2.37. The molecule has 0 unspecified atom stereocenters. The Labute approximate surface area is 103 Å². The second-order valence-corrected chi connectivity index (χ2v) is 5.25. The van der Waals surface area contributed by atoms with E-state index in [1.807, 2.05) is 20.8 Å². The number of likely N-dealkylation sites (tertiary alicyclic amines) is 1. The van der Waals surface area contributed by atoms with Crippen molar-refractivity contribution in [3.8, 4) is 6.07 Å². The Balaban J connectivity index is 2.55. The monoisotopic (exact) mass is 236 g/mol. The average molecular weight is 236 g/mol. The van der Waals surface area contributed by atoms with Crippen LogP contribution in [0.5, 0.6) is 0 Å². The third-order valence-corrected chi connectivity index (χ3v) is 2.55. The third kappa shape index (κ3) is 4.90. The highest BCUT2D eigenvalue weighted by atomic mass is 16.6. The van der Waals surface area contributed by atoms with Crippen LogP contribution < -0.4 is 0 Å². The highest BCUT2D eigenvalue weighted by Gasteiger charge is 2.23. The summed E-state index contributed by atoms with van der Waals surface area (Å²) in [6.07, 6.45) is 3.90. The zero-order valence-electron chi connectivity index (χ0n) is 10.8. The van der Waals surface area contributed by atoms with Gasteiger partial charge in [-0.05, 0) is 40.0 Å². The summed E-state index contributed by atoms with van der Waals surface area (Å²) in [5, 5.41) is 8.61. The summed E-state index contributed by atoms with van der Waals surface area (Å²) >= 11 is 0. The predicted octanol–water partition coefficient (Wildman–Crippen LogP) is 2.86. The lowest BCUT2D eigenvalue weighted by molar-refractivity contribution is 0.0258. The molecule has 1 amide bonds. The van der Waals surface area contributed by atoms with Gasteiger partial charge in [0.05, 0.1) is 6.07 Å². The topological polar surface area (TPSA) is 53.3 Å². The average Bonchev–Trinajstić information content (AvgIpc) is 2.41. The van der Waals surface area contributed by atoms with Gasteiger partial charge in [0.1, 0.15) is 5.60 Å². The van der Waals surface area contributed by atoms with E-state index < -0.39 is 5.60 Å². The van der Waals surface area contributed by atoms with Gasteiger partial charge in [-0.2, -0.15) is 5.26 Å². The van der Waals surface area contributed by atoms with E-state index in [4.69, 9.17) is 10.00 Å². The Kier molecular flexibility index (Phi) is 4.56. The molecule has 4 nitrogen and oxygen atoms in total. The number of rotatable bonds is 0. The Morgan fingerprint density at radius 2 is 2.12 bits per heavy atom. The Morgan fingerprint density at radius 3 is 2.71 bits per heavy atom. The van der Waals surface area contributed by atoms with Gasteiger partial charge in [-0.15, -0.1) is 0 Å². The van der Waals surface area contributed by atoms with Crippen LogP contribution in [0.25, 0.3) is 0 Å². The standard InChI is InChI=1S/C13H20N2O2/c1-13(2,3)17-12(16)15-9-4-5-11(6-8-14)7-10-15/h6H,4-5,7,9-10H2,1-3H3. The van der Waals surface area contributed by atoms with E-state index in [1.54, 1.807) is 11.0 Å². The first-order chi connectivity index (χ1) is 7.92. The molecule has 4 heteroatoms. The number of hydrogen-bond donors (Lipinski definition) is 0. The summed E-state index contributed by atoms with van der Waals surface area (Å²) in [6, 6.07) is 2.05. The first-order valence-electron chi connectivity index (χ1n) is 5.98. The molecule has 0 bridgehead atoms. The van der Waals surface area contributed by atoms with E-state index >= 15 is 0 Å². The van der Waals surface area contributed by atoms with E-state index in [9.17, 15) is 4.79 Å². The molecule has 1 fully saturated rings. The molecule has 1 aliphatic heterocycles. The molecule has 0 radical (unpaired) electrons. The minimum Gasteiger partial charge on any atom is -0.444 e. The fourth-order valence-electron chi connectivity index (χ4n) is 1.76. The molecule has 1 saturated heterocycles. The van der Waals surface area contributed by atoms with Gasteiger partial charge in [0.2, 0.25) is 0 Å². The second-order valence-electron chi connectivity index (χ2n) is 5.25. The van der Waals surface area contributed by atoms with Crippen molar-refractivity contribution >= 4 is 6.09 Å². The molecule has 0 aromatic heterocycles. The van der Waals surface area contributed by atoms with Crippen LogP contribution in [0.1, 0.15) is 40.0 Å². The Hall–Kier alpha value is -1.50. The zero-order valence-corrected chi connectivity index (χ0v) is 10.8. The van der Waals surface area contributed by atoms with Crippen molar-refractivity contribution in [2.75, 3.05) is 13.1 Å². The van der Waals surface area contributed by atoms with Crippen molar-refractivity contribution in [1.29, 1.82) is 5.26 Å². The van der Waals surface area contributed by atoms with Gasteiger partial charge in [-0.3, -0.25) is 0 Å². The molecule has 0 aliphatic carbocycles. The number of allylic oxidation sites excluding steroid dienone is 1. The number of carbonyl (C=O) groups is 1. The number of carbonyl (C=O) groups excluding carboxylic acids is 1. The molecule has 0 aromatic carbocycles. The van der Waals surface area contributed by atoms with E-state index in [-0.39, 0.29) is 6.09 Å². The molecule has 0 aromatic rings. The van der Waals surface area contributed by atoms with E-state index in [0.29, 0.717) is 13.1 Å². The molecule has 0 N–H and O–H groups in total. The SMILES string of the molecule is CC(C)(C)OC(=O)N1CCCC(=CC#N)CC1. The van der Waals surface area contributed by atoms with Crippen LogP contribution in [-0.4, -0.2) is 29.7 Å². The minimum absolute atomic E-state index is 0.254. The van der Waals surface area contributed by atoms with Crippen LogP contribution >= 0.6 is 0 Å². The van der Waals surface area contributed by atoms with E-state index in [2.05, 4.69) is 6.07 Å². The molecule has 17 heavy (non-hydrogen) atoms. The van der Waals surface area contributed by atoms with Gasteiger partial charge in [-0.25, -0.2) is 4.79 Å². The lowest BCUT2D eigenvalue weighted by atomic mass is 10.1. The molecule has 1 heterocycles. The maximum Gasteiger partial charge on any atom is 0.410 e. The van der Waals surface area contributed by atoms with Crippen LogP contribution in [0.3, 0.4) is 0 Å². The molecular weight excluding hydrogens is 216 g/mol. The van der Waals surface area contributed by atoms with Crippen molar-refractivity contribution in [1.82, 2.24) is 4.90 Å². The largest absolute Gasteiger partial charge is 0.444 e. The highest BCUT2D eigenvalue weighted by Crippen LogP contribution is 2.18. The first kappa shape index (κ1) is 13.6. The van der Waals surface area contributed by atoms with Gasteiger partial charge in [0.25, 0.3) is 0 Å². The fourth-order valence-corrected chi connectivity index (χ4v) is 1.76. The van der Waals surface area contributed by atoms with Crippen LogP contribution in [0.15, 0.2) is 11.6 Å². The number of ether oxygens (including phenoxy) is 1. The van der Waals surface area contributed by atoms with Crippen molar-refractivity contribution in [3.05, 3.63) is 11.6 Å². The summed E-state index contributed by atoms with van der Waals surface area (Å²) in [4.78, 5) is 13.6. The number of amides is 1. The van der Waals surface area contributed by atoms with Gasteiger partial charge < -0.3 is 9.64 Å². The third-order valence-electron chi connectivity index (χ3n) is 2.55. The molecule has 0 atom stereocenters. The first-order valence-corrected chi connectivity index (χ1v) is 5.98. The molecule has 0 saturated carbocycles. The van der Waals surface area contributed by atoms with Gasteiger partial charge in [0.15, 0.2) is 0 Å². The van der Waals surface area contributed by atoms with Gasteiger partial charge >= 0.3 is 6.09 Å². The van der Waals surface area contributed by atoms with Crippen molar-refractivity contribution < 1.29 is 9.53 Å². The van der Waals surface area contributed by atoms with Crippen molar-refractivity contribution in [3.63, 3.8) is 0 Å².